The Labute approximate surface area is 402 Å². The number of thioether (sulfide) groups is 1. The van der Waals surface area contributed by atoms with E-state index in [4.69, 9.17) is 24.2 Å². The van der Waals surface area contributed by atoms with Crippen LogP contribution >= 0.6 is 11.8 Å². The minimum atomic E-state index is -1.56. The summed E-state index contributed by atoms with van der Waals surface area (Å²) in [7, 11) is 0. The molecule has 0 spiro atoms. The second-order valence-corrected chi connectivity index (χ2v) is 19.4. The van der Waals surface area contributed by atoms with Crippen molar-refractivity contribution < 1.29 is 43.4 Å². The van der Waals surface area contributed by atoms with E-state index in [2.05, 4.69) is 12.7 Å². The summed E-state index contributed by atoms with van der Waals surface area (Å²) in [5.74, 6) is -1.42. The van der Waals surface area contributed by atoms with Crippen LogP contribution in [0.15, 0.2) is 131 Å². The van der Waals surface area contributed by atoms with E-state index in [-0.39, 0.29) is 56.2 Å². The van der Waals surface area contributed by atoms with Crippen LogP contribution in [0.3, 0.4) is 0 Å². The number of unbranched alkanes of at least 4 members (excludes halogenated alkanes) is 2. The van der Waals surface area contributed by atoms with Gasteiger partial charge in [-0.2, -0.15) is 0 Å². The zero-order valence-electron chi connectivity index (χ0n) is 39.2. The largest absolute Gasteiger partial charge is 0.459 e. The molecule has 0 saturated heterocycles. The predicted octanol–water partition coefficient (Wildman–Crippen LogP) is 11.4. The van der Waals surface area contributed by atoms with Crippen LogP contribution in [-0.2, 0) is 20.9 Å². The molecule has 1 amide bonds. The maximum absolute atomic E-state index is 15.1. The van der Waals surface area contributed by atoms with Crippen molar-refractivity contribution in [3.05, 3.63) is 154 Å². The summed E-state index contributed by atoms with van der Waals surface area (Å²) in [6, 6.07) is 24.8. The third-order valence-electron chi connectivity index (χ3n) is 12.8. The molecule has 1 fully saturated rings. The van der Waals surface area contributed by atoms with Crippen LogP contribution in [0.2, 0.25) is 0 Å². The van der Waals surface area contributed by atoms with E-state index in [1.54, 1.807) is 53.1 Å². The Morgan fingerprint density at radius 1 is 0.985 bits per heavy atom. The molecule has 6 unspecified atom stereocenters. The topological polar surface area (TPSA) is 153 Å². The lowest BCUT2D eigenvalue weighted by Crippen LogP contribution is -2.70. The lowest BCUT2D eigenvalue weighted by Gasteiger charge is -2.60. The van der Waals surface area contributed by atoms with Crippen molar-refractivity contribution in [2.24, 2.45) is 22.9 Å². The highest BCUT2D eigenvalue weighted by atomic mass is 32.2. The van der Waals surface area contributed by atoms with Gasteiger partial charge in [-0.15, -0.1) is 18.3 Å². The fraction of sp³-hybridized carbons (Fsp3) is 0.407. The molecule has 4 aromatic rings. The van der Waals surface area contributed by atoms with Crippen molar-refractivity contribution in [1.29, 1.82) is 0 Å². The summed E-state index contributed by atoms with van der Waals surface area (Å²) in [5, 5.41) is 36.4. The molecule has 4 aromatic carbocycles. The number of nitro benzene ring substituents is 1. The van der Waals surface area contributed by atoms with E-state index in [1.807, 2.05) is 69.5 Å². The number of ether oxygens (including phenoxy) is 3. The quantitative estimate of drug-likeness (QED) is 0.0206. The van der Waals surface area contributed by atoms with Crippen molar-refractivity contribution in [3.8, 4) is 17.2 Å². The number of hydrogen-bond donors (Lipinski definition) is 2. The summed E-state index contributed by atoms with van der Waals surface area (Å²) in [4.78, 5) is 35.2. The van der Waals surface area contributed by atoms with Gasteiger partial charge in [0.2, 0.25) is 11.7 Å². The van der Waals surface area contributed by atoms with Gasteiger partial charge in [0, 0.05) is 60.8 Å². The first-order valence-electron chi connectivity index (χ1n) is 23.3. The number of halogens is 1. The SMILES string of the molecule is C=CCOC12Oc3ccc(Oc4ccc(SC)cc4)cc3C3C(CCCCO)C(CCCCO)C=C(C(=NOC(C)(C)C)CC1N(Cc1ccc(F)cc1)C(=O)C=Cc1ccc([N+](=O)[O-])cc1)C32. The van der Waals surface area contributed by atoms with Crippen LogP contribution in [-0.4, -0.2) is 75.2 Å². The van der Waals surface area contributed by atoms with Gasteiger partial charge >= 0.3 is 0 Å². The Morgan fingerprint density at radius 3 is 2.32 bits per heavy atom. The van der Waals surface area contributed by atoms with Gasteiger partial charge < -0.3 is 34.2 Å². The van der Waals surface area contributed by atoms with Gasteiger partial charge in [-0.1, -0.05) is 42.3 Å². The number of benzene rings is 4. The maximum atomic E-state index is 15.1. The molecule has 3 aliphatic rings. The van der Waals surface area contributed by atoms with Crippen LogP contribution in [0, 0.1) is 33.7 Å². The van der Waals surface area contributed by atoms with Crippen molar-refractivity contribution in [1.82, 2.24) is 4.90 Å². The number of carbonyl (C=O) groups is 1. The normalized spacial score (nSPS) is 22.4. The highest BCUT2D eigenvalue weighted by Gasteiger charge is 2.65. The van der Waals surface area contributed by atoms with Crippen molar-refractivity contribution in [3.63, 3.8) is 0 Å². The molecule has 0 radical (unpaired) electrons. The summed E-state index contributed by atoms with van der Waals surface area (Å²) >= 11 is 1.65. The fourth-order valence-corrected chi connectivity index (χ4v) is 10.2. The number of aliphatic hydroxyl groups excluding tert-OH is 2. The van der Waals surface area contributed by atoms with Crippen LogP contribution in [0.4, 0.5) is 10.1 Å². The van der Waals surface area contributed by atoms with Crippen LogP contribution in [0.1, 0.15) is 88.3 Å². The molecular weight excluding hydrogens is 886 g/mol. The fourth-order valence-electron chi connectivity index (χ4n) is 9.78. The van der Waals surface area contributed by atoms with Crippen LogP contribution in [0.25, 0.3) is 6.08 Å². The number of fused-ring (bicyclic) bond motifs is 2. The average Bonchev–Trinajstić information content (AvgIpc) is 3.33. The van der Waals surface area contributed by atoms with Gasteiger partial charge in [-0.3, -0.25) is 14.9 Å². The van der Waals surface area contributed by atoms with Crippen LogP contribution in [0.5, 0.6) is 17.2 Å². The number of carbonyl (C=O) groups excluding carboxylic acids is 1. The number of rotatable bonds is 21. The smallest absolute Gasteiger partial charge is 0.269 e. The number of amides is 1. The number of allylic oxidation sites excluding steroid dienone is 1. The number of nitro groups is 1. The minimum absolute atomic E-state index is 0.0150. The van der Waals surface area contributed by atoms with E-state index < -0.39 is 40.0 Å². The van der Waals surface area contributed by atoms with E-state index in [0.29, 0.717) is 46.9 Å². The summed E-state index contributed by atoms with van der Waals surface area (Å²) < 4.78 is 35.6. The summed E-state index contributed by atoms with van der Waals surface area (Å²) in [6.07, 6.45) is 13.5. The Hall–Kier alpha value is -5.80. The molecule has 12 nitrogen and oxygen atoms in total. The van der Waals surface area contributed by atoms with E-state index in [0.717, 1.165) is 41.7 Å². The highest BCUT2D eigenvalue weighted by Crippen LogP contribution is 2.62. The lowest BCUT2D eigenvalue weighted by atomic mass is 9.55. The Balaban J connectivity index is 1.46. The summed E-state index contributed by atoms with van der Waals surface area (Å²) in [6.45, 7) is 10.0. The molecule has 14 heteroatoms. The van der Waals surface area contributed by atoms with E-state index >= 15 is 4.79 Å². The van der Waals surface area contributed by atoms with Crippen LogP contribution < -0.4 is 9.47 Å². The zero-order chi connectivity index (χ0) is 48.4. The third-order valence-corrected chi connectivity index (χ3v) is 13.6. The van der Waals surface area contributed by atoms with Gasteiger partial charge in [0.15, 0.2) is 0 Å². The van der Waals surface area contributed by atoms with Gasteiger partial charge in [0.1, 0.15) is 34.7 Å². The predicted molar refractivity (Wildman–Crippen MR) is 263 cm³/mol. The molecule has 2 aliphatic carbocycles. The molecule has 6 atom stereocenters. The Kier molecular flexibility index (Phi) is 16.6. The number of hydrogen-bond acceptors (Lipinski definition) is 11. The van der Waals surface area contributed by atoms with Crippen molar-refractivity contribution >= 4 is 35.1 Å². The maximum Gasteiger partial charge on any atom is 0.269 e. The molecular formula is C54H62FN3O9S. The van der Waals surface area contributed by atoms with E-state index in [9.17, 15) is 24.7 Å². The first-order valence-corrected chi connectivity index (χ1v) is 24.6. The number of oxime groups is 1. The molecule has 1 heterocycles. The lowest BCUT2D eigenvalue weighted by molar-refractivity contribution is -0.384. The Bertz CT molecular complexity index is 2470. The number of nitrogens with zero attached hydrogens (tertiary/aromatic N) is 3. The molecule has 1 saturated carbocycles. The molecule has 7 rings (SSSR count). The molecule has 1 aliphatic heterocycles. The average molecular weight is 948 g/mol. The van der Waals surface area contributed by atoms with Gasteiger partial charge in [0.25, 0.3) is 5.69 Å². The number of non-ortho nitro benzene ring substituents is 1. The molecule has 2 N–H and O–H groups in total. The highest BCUT2D eigenvalue weighted by molar-refractivity contribution is 7.98. The first kappa shape index (κ1) is 50.1. The standard InChI is InChI=1S/C54H62FN3O9S/c1-6-31-64-54-49(57(35-37-13-18-39(55)19-14-37)50(61)28-17-36-15-20-40(21-16-36)58(62)63)34-47(56-67-53(2,3)4)45-32-38(11-7-9-29-59)44(12-8-10-30-60)51(52(45)54)46-33-42(24-27-48(46)66-54)65-41-22-25-43(68-5)26-23-41/h6,13-28,32-33,38,44,49,51-52,59-60H,1,7-12,29-31,34-35H2,2-5H3. The van der Waals surface area contributed by atoms with Crippen molar-refractivity contribution in [2.75, 3.05) is 26.1 Å². The minimum Gasteiger partial charge on any atom is -0.459 e. The third kappa shape index (κ3) is 11.7. The zero-order valence-corrected chi connectivity index (χ0v) is 40.0. The Morgan fingerprint density at radius 2 is 1.68 bits per heavy atom. The summed E-state index contributed by atoms with van der Waals surface area (Å²) in [5.41, 5.74) is 2.89. The molecule has 0 aromatic heterocycles. The second kappa shape index (κ2) is 22.5. The van der Waals surface area contributed by atoms with Crippen molar-refractivity contribution in [2.45, 2.75) is 101 Å². The molecule has 68 heavy (non-hydrogen) atoms. The van der Waals surface area contributed by atoms with E-state index in [1.165, 1.54) is 30.3 Å². The monoisotopic (exact) mass is 947 g/mol. The number of aliphatic hydroxyl groups is 2. The van der Waals surface area contributed by atoms with Gasteiger partial charge in [-0.05, 0) is 154 Å². The van der Waals surface area contributed by atoms with Gasteiger partial charge in [-0.25, -0.2) is 4.39 Å². The molecule has 360 valence electrons. The van der Waals surface area contributed by atoms with Gasteiger partial charge in [0.05, 0.1) is 23.2 Å². The first-order chi connectivity index (χ1) is 32.8. The molecule has 0 bridgehead atoms. The second-order valence-electron chi connectivity index (χ2n) is 18.5.